The molecule has 0 radical (unpaired) electrons. The fourth-order valence-corrected chi connectivity index (χ4v) is 3.38. The summed E-state index contributed by atoms with van der Waals surface area (Å²) in [4.78, 5) is 0. The Labute approximate surface area is 119 Å². The number of halogens is 6. The number of rotatable bonds is 5. The van der Waals surface area contributed by atoms with Gasteiger partial charge in [-0.2, -0.15) is 26.3 Å². The Morgan fingerprint density at radius 2 is 1.19 bits per heavy atom. The summed E-state index contributed by atoms with van der Waals surface area (Å²) in [6.07, 6.45) is -9.74. The average molecular weight is 332 g/mol. The van der Waals surface area contributed by atoms with Gasteiger partial charge in [-0.05, 0) is 37.2 Å². The van der Waals surface area contributed by atoms with Crippen LogP contribution in [0.25, 0.3) is 0 Å². The first-order chi connectivity index (χ1) is 9.59. The van der Waals surface area contributed by atoms with Gasteiger partial charge in [0.2, 0.25) is 0 Å². The number of hydrogen-bond acceptors (Lipinski definition) is 2. The molecule has 0 N–H and O–H groups in total. The van der Waals surface area contributed by atoms with Crippen molar-refractivity contribution in [3.05, 3.63) is 29.3 Å². The summed E-state index contributed by atoms with van der Waals surface area (Å²) in [5, 5.41) is -0.180. The third kappa shape index (κ3) is 5.01. The predicted octanol–water partition coefficient (Wildman–Crippen LogP) is 3.22. The van der Waals surface area contributed by atoms with Crippen LogP contribution in [0.1, 0.15) is 25.0 Å². The van der Waals surface area contributed by atoms with E-state index in [0.29, 0.717) is 12.1 Å². The molecule has 0 amide bonds. The molecule has 0 aliphatic carbocycles. The highest BCUT2D eigenvalue weighted by Gasteiger charge is 2.38. The first kappa shape index (κ1) is 18.0. The van der Waals surface area contributed by atoms with Gasteiger partial charge >= 0.3 is 21.6 Å². The molecule has 0 bridgehead atoms. The van der Waals surface area contributed by atoms with Crippen molar-refractivity contribution in [3.8, 4) is 0 Å². The first-order valence-corrected chi connectivity index (χ1v) is 7.64. The van der Waals surface area contributed by atoms with Crippen LogP contribution in [-0.2, 0) is 21.2 Å². The van der Waals surface area contributed by atoms with E-state index in [0.717, 1.165) is 0 Å². The van der Waals surface area contributed by atoms with E-state index in [9.17, 15) is 26.3 Å². The molecule has 0 aliphatic heterocycles. The molecule has 0 aromatic heterocycles. The fourth-order valence-electron chi connectivity index (χ4n) is 1.66. The van der Waals surface area contributed by atoms with Gasteiger partial charge in [0.05, 0.1) is 11.1 Å². The average Bonchev–Trinajstić information content (AvgIpc) is 2.36. The van der Waals surface area contributed by atoms with Crippen LogP contribution < -0.4 is 5.19 Å². The maximum Gasteiger partial charge on any atom is 0.416 e. The van der Waals surface area contributed by atoms with Crippen LogP contribution in [0.15, 0.2) is 18.2 Å². The lowest BCUT2D eigenvalue weighted by molar-refractivity contribution is -0.142. The number of alkyl halides is 6. The van der Waals surface area contributed by atoms with Gasteiger partial charge in [-0.15, -0.1) is 0 Å². The molecule has 0 fully saturated rings. The molecule has 1 aromatic rings. The highest BCUT2D eigenvalue weighted by molar-refractivity contribution is 6.61. The Bertz CT molecular complexity index is 434. The largest absolute Gasteiger partial charge is 0.416 e. The molecule has 0 aliphatic rings. The third-order valence-electron chi connectivity index (χ3n) is 2.52. The molecule has 0 atom stereocenters. The molecule has 0 saturated carbocycles. The Kier molecular flexibility index (Phi) is 5.82. The zero-order valence-corrected chi connectivity index (χ0v) is 12.5. The summed E-state index contributed by atoms with van der Waals surface area (Å²) < 4.78 is 86.8. The van der Waals surface area contributed by atoms with Crippen molar-refractivity contribution in [1.29, 1.82) is 0 Å². The van der Waals surface area contributed by atoms with E-state index in [-0.39, 0.29) is 24.5 Å². The Morgan fingerprint density at radius 3 is 1.48 bits per heavy atom. The maximum atomic E-state index is 12.7. The lowest BCUT2D eigenvalue weighted by Gasteiger charge is -2.19. The van der Waals surface area contributed by atoms with E-state index in [4.69, 9.17) is 8.85 Å². The Hall–Kier alpha value is -1.06. The molecular formula is C12H14F6O2Si. The summed E-state index contributed by atoms with van der Waals surface area (Å²) in [5.74, 6) is 0. The van der Waals surface area contributed by atoms with Crippen LogP contribution >= 0.6 is 0 Å². The van der Waals surface area contributed by atoms with Crippen LogP contribution in [0, 0.1) is 0 Å². The highest BCUT2D eigenvalue weighted by Crippen LogP contribution is 2.34. The van der Waals surface area contributed by atoms with Crippen molar-refractivity contribution >= 4 is 14.5 Å². The SMILES string of the molecule is CCO[SiH](OCC)c1cc(C(F)(F)F)cc(C(F)(F)F)c1. The molecule has 0 unspecified atom stereocenters. The van der Waals surface area contributed by atoms with Gasteiger partial charge < -0.3 is 8.85 Å². The fraction of sp³-hybridized carbons (Fsp3) is 0.500. The molecule has 120 valence electrons. The lowest BCUT2D eigenvalue weighted by atomic mass is 10.1. The van der Waals surface area contributed by atoms with E-state index in [1.54, 1.807) is 13.8 Å². The summed E-state index contributed by atoms with van der Waals surface area (Å²) >= 11 is 0. The van der Waals surface area contributed by atoms with Crippen molar-refractivity contribution in [3.63, 3.8) is 0 Å². The minimum Gasteiger partial charge on any atom is -0.394 e. The summed E-state index contributed by atoms with van der Waals surface area (Å²) in [7, 11) is -2.79. The van der Waals surface area contributed by atoms with Gasteiger partial charge in [-0.3, -0.25) is 0 Å². The van der Waals surface area contributed by atoms with Crippen molar-refractivity contribution in [2.45, 2.75) is 26.2 Å². The van der Waals surface area contributed by atoms with Crippen LogP contribution in [0.2, 0.25) is 0 Å². The van der Waals surface area contributed by atoms with E-state index < -0.39 is 32.8 Å². The smallest absolute Gasteiger partial charge is 0.394 e. The number of hydrogen-bond donors (Lipinski definition) is 0. The highest BCUT2D eigenvalue weighted by atomic mass is 28.3. The normalized spacial score (nSPS) is 13.0. The third-order valence-corrected chi connectivity index (χ3v) is 4.67. The summed E-state index contributed by atoms with van der Waals surface area (Å²) in [6.45, 7) is 3.48. The lowest BCUT2D eigenvalue weighted by Crippen LogP contribution is -2.38. The Balaban J connectivity index is 3.36. The van der Waals surface area contributed by atoms with E-state index in [2.05, 4.69) is 0 Å². The predicted molar refractivity (Wildman–Crippen MR) is 66.5 cm³/mol. The Morgan fingerprint density at radius 1 is 0.810 bits per heavy atom. The monoisotopic (exact) mass is 332 g/mol. The standard InChI is InChI=1S/C12H14F6O2Si/c1-3-19-21(20-4-2)10-6-8(11(13,14)15)5-9(7-10)12(16,17)18/h5-7,21H,3-4H2,1-2H3. The van der Waals surface area contributed by atoms with Gasteiger partial charge in [0, 0.05) is 13.2 Å². The van der Waals surface area contributed by atoms with Gasteiger partial charge in [-0.25, -0.2) is 0 Å². The van der Waals surface area contributed by atoms with Crippen LogP contribution in [-0.4, -0.2) is 22.5 Å². The van der Waals surface area contributed by atoms with Crippen molar-refractivity contribution in [1.82, 2.24) is 0 Å². The molecule has 0 heterocycles. The molecule has 9 heteroatoms. The van der Waals surface area contributed by atoms with Crippen molar-refractivity contribution in [2.75, 3.05) is 13.2 Å². The van der Waals surface area contributed by atoms with Crippen molar-refractivity contribution < 1.29 is 35.2 Å². The molecule has 21 heavy (non-hydrogen) atoms. The molecule has 1 rings (SSSR count). The van der Waals surface area contributed by atoms with E-state index in [1.165, 1.54) is 0 Å². The second kappa shape index (κ2) is 6.80. The molecule has 0 saturated heterocycles. The van der Waals surface area contributed by atoms with Crippen LogP contribution in [0.4, 0.5) is 26.3 Å². The second-order valence-electron chi connectivity index (χ2n) is 4.08. The first-order valence-electron chi connectivity index (χ1n) is 6.12. The van der Waals surface area contributed by atoms with Gasteiger partial charge in [-0.1, -0.05) is 0 Å². The quantitative estimate of drug-likeness (QED) is 0.609. The topological polar surface area (TPSA) is 18.5 Å². The number of benzene rings is 1. The second-order valence-corrected chi connectivity index (χ2v) is 6.08. The van der Waals surface area contributed by atoms with E-state index >= 15 is 0 Å². The van der Waals surface area contributed by atoms with Gasteiger partial charge in [0.15, 0.2) is 0 Å². The van der Waals surface area contributed by atoms with Crippen LogP contribution in [0.3, 0.4) is 0 Å². The zero-order chi connectivity index (χ0) is 16.3. The maximum absolute atomic E-state index is 12.7. The van der Waals surface area contributed by atoms with Crippen molar-refractivity contribution in [2.24, 2.45) is 0 Å². The van der Waals surface area contributed by atoms with Gasteiger partial charge in [0.25, 0.3) is 0 Å². The van der Waals surface area contributed by atoms with Gasteiger partial charge in [0.1, 0.15) is 0 Å². The molecule has 2 nitrogen and oxygen atoms in total. The minimum atomic E-state index is -4.87. The minimum absolute atomic E-state index is 0.0901. The summed E-state index contributed by atoms with van der Waals surface area (Å²) in [6, 6.07) is 1.42. The van der Waals surface area contributed by atoms with Crippen LogP contribution in [0.5, 0.6) is 0 Å². The molecule has 1 aromatic carbocycles. The summed E-state index contributed by atoms with van der Waals surface area (Å²) in [5.41, 5.74) is -2.71. The molecule has 0 spiro atoms. The zero-order valence-electron chi connectivity index (χ0n) is 11.3. The van der Waals surface area contributed by atoms with E-state index in [1.807, 2.05) is 0 Å². The molecular weight excluding hydrogens is 318 g/mol.